The number of nitrogens with zero attached hydrogens (tertiary/aromatic N) is 3. The maximum atomic E-state index is 12.8. The molecule has 1 aromatic carbocycles. The molecule has 3 rings (SSSR count). The minimum absolute atomic E-state index is 0.00542. The first-order valence-electron chi connectivity index (χ1n) is 8.17. The number of anilines is 1. The Morgan fingerprint density at radius 1 is 1.38 bits per heavy atom. The normalized spacial score (nSPS) is 17.3. The van der Waals surface area contributed by atoms with E-state index in [1.54, 1.807) is 9.80 Å². The van der Waals surface area contributed by atoms with Crippen LogP contribution in [0, 0.1) is 6.92 Å². The van der Waals surface area contributed by atoms with Crippen LogP contribution in [0.4, 0.5) is 5.69 Å². The third-order valence-corrected chi connectivity index (χ3v) is 5.10. The summed E-state index contributed by atoms with van der Waals surface area (Å²) < 4.78 is 0. The summed E-state index contributed by atoms with van der Waals surface area (Å²) in [5.74, 6) is -0.0260. The SMILES string of the molecule is CCN(C(=O)Cc1csc(C)n1)[C@H]1CCN(c2ccccc2)C1=O. The van der Waals surface area contributed by atoms with Crippen LogP contribution in [-0.4, -0.2) is 40.8 Å². The first-order chi connectivity index (χ1) is 11.6. The fourth-order valence-corrected chi connectivity index (χ4v) is 3.75. The van der Waals surface area contributed by atoms with E-state index in [0.717, 1.165) is 16.4 Å². The summed E-state index contributed by atoms with van der Waals surface area (Å²) in [6.07, 6.45) is 0.927. The molecule has 6 heteroatoms. The molecule has 2 amide bonds. The lowest BCUT2D eigenvalue weighted by atomic mass is 10.2. The number of likely N-dealkylation sites (N-methyl/N-ethyl adjacent to an activating group) is 1. The summed E-state index contributed by atoms with van der Waals surface area (Å²) >= 11 is 1.54. The van der Waals surface area contributed by atoms with E-state index in [-0.39, 0.29) is 24.3 Å². The standard InChI is InChI=1S/C18H21N3O2S/c1-3-20(17(22)11-14-12-24-13(2)19-14)16-9-10-21(18(16)23)15-7-5-4-6-8-15/h4-8,12,16H,3,9-11H2,1-2H3/t16-/m0/s1. The van der Waals surface area contributed by atoms with Crippen molar-refractivity contribution < 1.29 is 9.59 Å². The molecule has 1 aromatic heterocycles. The van der Waals surface area contributed by atoms with Crippen molar-refractivity contribution in [3.8, 4) is 0 Å². The van der Waals surface area contributed by atoms with Crippen molar-refractivity contribution >= 4 is 28.8 Å². The minimum Gasteiger partial charge on any atom is -0.331 e. The second-order valence-corrected chi connectivity index (χ2v) is 6.91. The molecule has 1 aliphatic heterocycles. The lowest BCUT2D eigenvalue weighted by molar-refractivity contribution is -0.137. The number of aryl methyl sites for hydroxylation is 1. The highest BCUT2D eigenvalue weighted by atomic mass is 32.1. The van der Waals surface area contributed by atoms with Crippen molar-refractivity contribution in [1.29, 1.82) is 0 Å². The molecule has 24 heavy (non-hydrogen) atoms. The summed E-state index contributed by atoms with van der Waals surface area (Å²) in [6, 6.07) is 9.25. The van der Waals surface area contributed by atoms with Crippen LogP contribution in [0.5, 0.6) is 0 Å². The Balaban J connectivity index is 1.72. The van der Waals surface area contributed by atoms with Gasteiger partial charge in [0.15, 0.2) is 0 Å². The maximum Gasteiger partial charge on any atom is 0.249 e. The van der Waals surface area contributed by atoms with Crippen molar-refractivity contribution in [2.75, 3.05) is 18.0 Å². The van der Waals surface area contributed by atoms with Crippen molar-refractivity contribution in [2.24, 2.45) is 0 Å². The van der Waals surface area contributed by atoms with E-state index < -0.39 is 0 Å². The Morgan fingerprint density at radius 3 is 2.75 bits per heavy atom. The summed E-state index contributed by atoms with van der Waals surface area (Å²) in [6.45, 7) is 5.02. The number of para-hydroxylation sites is 1. The molecule has 2 aromatic rings. The zero-order valence-corrected chi connectivity index (χ0v) is 14.8. The highest BCUT2D eigenvalue weighted by Gasteiger charge is 2.38. The number of carbonyl (C=O) groups excluding carboxylic acids is 2. The lowest BCUT2D eigenvalue weighted by Crippen LogP contribution is -2.45. The Labute approximate surface area is 145 Å². The van der Waals surface area contributed by atoms with Crippen molar-refractivity contribution in [3.05, 3.63) is 46.4 Å². The van der Waals surface area contributed by atoms with Gasteiger partial charge in [0.25, 0.3) is 0 Å². The van der Waals surface area contributed by atoms with Crippen LogP contribution < -0.4 is 4.90 Å². The quantitative estimate of drug-likeness (QED) is 0.839. The molecule has 1 atom stereocenters. The molecule has 0 bridgehead atoms. The molecular weight excluding hydrogens is 322 g/mol. The highest BCUT2D eigenvalue weighted by molar-refractivity contribution is 7.09. The van der Waals surface area contributed by atoms with Gasteiger partial charge >= 0.3 is 0 Å². The van der Waals surface area contributed by atoms with Gasteiger partial charge in [-0.3, -0.25) is 9.59 Å². The van der Waals surface area contributed by atoms with Crippen molar-refractivity contribution in [3.63, 3.8) is 0 Å². The molecule has 2 heterocycles. The van der Waals surface area contributed by atoms with Crippen molar-refractivity contribution in [2.45, 2.75) is 32.7 Å². The molecule has 126 valence electrons. The number of thiazole rings is 1. The second-order valence-electron chi connectivity index (χ2n) is 5.84. The minimum atomic E-state index is -0.373. The monoisotopic (exact) mass is 343 g/mol. The average molecular weight is 343 g/mol. The van der Waals surface area contributed by atoms with Gasteiger partial charge in [-0.1, -0.05) is 18.2 Å². The van der Waals surface area contributed by atoms with Gasteiger partial charge in [0.2, 0.25) is 11.8 Å². The smallest absolute Gasteiger partial charge is 0.249 e. The molecule has 0 spiro atoms. The molecule has 0 radical (unpaired) electrons. The number of hydrogen-bond donors (Lipinski definition) is 0. The maximum absolute atomic E-state index is 12.8. The summed E-state index contributed by atoms with van der Waals surface area (Å²) in [4.78, 5) is 33.3. The van der Waals surface area contributed by atoms with E-state index in [4.69, 9.17) is 0 Å². The van der Waals surface area contributed by atoms with E-state index in [9.17, 15) is 9.59 Å². The molecule has 1 fully saturated rings. The zero-order chi connectivity index (χ0) is 17.1. The molecule has 0 aliphatic carbocycles. The number of hydrogen-bond acceptors (Lipinski definition) is 4. The molecule has 0 N–H and O–H groups in total. The van der Waals surface area contributed by atoms with Gasteiger partial charge in [-0.2, -0.15) is 0 Å². The first-order valence-corrected chi connectivity index (χ1v) is 9.05. The number of amides is 2. The molecule has 0 saturated carbocycles. The molecule has 5 nitrogen and oxygen atoms in total. The van der Waals surface area contributed by atoms with E-state index >= 15 is 0 Å². The Hall–Kier alpha value is -2.21. The van der Waals surface area contributed by atoms with Gasteiger partial charge in [-0.05, 0) is 32.4 Å². The average Bonchev–Trinajstić information content (AvgIpc) is 3.16. The zero-order valence-electron chi connectivity index (χ0n) is 13.9. The van der Waals surface area contributed by atoms with E-state index in [1.807, 2.05) is 49.6 Å². The predicted octanol–water partition coefficient (Wildman–Crippen LogP) is 2.65. The van der Waals surface area contributed by atoms with E-state index in [2.05, 4.69) is 4.98 Å². The van der Waals surface area contributed by atoms with Gasteiger partial charge in [0.05, 0.1) is 17.1 Å². The first kappa shape index (κ1) is 16.6. The Bertz CT molecular complexity index is 729. The number of rotatable bonds is 5. The molecular formula is C18H21N3O2S. The van der Waals surface area contributed by atoms with Crippen LogP contribution in [0.2, 0.25) is 0 Å². The fraction of sp³-hybridized carbons (Fsp3) is 0.389. The molecule has 0 unspecified atom stereocenters. The number of benzene rings is 1. The molecule has 1 aliphatic rings. The van der Waals surface area contributed by atoms with E-state index in [0.29, 0.717) is 19.5 Å². The third-order valence-electron chi connectivity index (χ3n) is 4.28. The topological polar surface area (TPSA) is 53.5 Å². The largest absolute Gasteiger partial charge is 0.331 e. The van der Waals surface area contributed by atoms with Crippen LogP contribution in [-0.2, 0) is 16.0 Å². The predicted molar refractivity (Wildman–Crippen MR) is 95.1 cm³/mol. The molecule has 1 saturated heterocycles. The Morgan fingerprint density at radius 2 is 2.12 bits per heavy atom. The summed E-state index contributed by atoms with van der Waals surface area (Å²) in [5.41, 5.74) is 1.68. The third kappa shape index (κ3) is 3.33. The van der Waals surface area contributed by atoms with Crippen LogP contribution in [0.15, 0.2) is 35.7 Å². The fourth-order valence-electron chi connectivity index (χ4n) is 3.13. The lowest BCUT2D eigenvalue weighted by Gasteiger charge is -2.26. The van der Waals surface area contributed by atoms with Crippen LogP contribution in [0.1, 0.15) is 24.0 Å². The number of aromatic nitrogens is 1. The van der Waals surface area contributed by atoms with Crippen LogP contribution >= 0.6 is 11.3 Å². The summed E-state index contributed by atoms with van der Waals surface area (Å²) in [5, 5.41) is 2.86. The van der Waals surface area contributed by atoms with Gasteiger partial charge < -0.3 is 9.80 Å². The van der Waals surface area contributed by atoms with Crippen LogP contribution in [0.3, 0.4) is 0 Å². The number of carbonyl (C=O) groups is 2. The van der Waals surface area contributed by atoms with Gasteiger partial charge in [-0.15, -0.1) is 11.3 Å². The Kier molecular flexibility index (Phi) is 4.94. The highest BCUT2D eigenvalue weighted by Crippen LogP contribution is 2.24. The van der Waals surface area contributed by atoms with Crippen LogP contribution in [0.25, 0.3) is 0 Å². The summed E-state index contributed by atoms with van der Waals surface area (Å²) in [7, 11) is 0. The van der Waals surface area contributed by atoms with Gasteiger partial charge in [-0.25, -0.2) is 4.98 Å². The van der Waals surface area contributed by atoms with Gasteiger partial charge in [0.1, 0.15) is 6.04 Å². The van der Waals surface area contributed by atoms with Gasteiger partial charge in [0, 0.05) is 24.2 Å². The van der Waals surface area contributed by atoms with E-state index in [1.165, 1.54) is 11.3 Å². The second kappa shape index (κ2) is 7.13. The van der Waals surface area contributed by atoms with Crippen molar-refractivity contribution in [1.82, 2.24) is 9.88 Å².